The normalized spacial score (nSPS) is 11.1. The molecule has 1 rings (SSSR count). The van der Waals surface area contributed by atoms with E-state index >= 15 is 0 Å². The molecule has 0 aliphatic carbocycles. The molecule has 1 aromatic carbocycles. The number of guanidine groups is 1. The van der Waals surface area contributed by atoms with Crippen molar-refractivity contribution in [2.75, 3.05) is 40.0 Å². The van der Waals surface area contributed by atoms with Crippen LogP contribution in [0.1, 0.15) is 26.3 Å². The summed E-state index contributed by atoms with van der Waals surface area (Å²) in [4.78, 5) is 4.19. The Hall–Kier alpha value is -1.02. The number of aliphatic imine (C=N–C) groups is 1. The summed E-state index contributed by atoms with van der Waals surface area (Å²) in [5.74, 6) is 2.28. The molecule has 0 bridgehead atoms. The Morgan fingerprint density at radius 3 is 2.38 bits per heavy atom. The van der Waals surface area contributed by atoms with E-state index in [1.807, 2.05) is 19.1 Å². The number of halogens is 1. The highest BCUT2D eigenvalue weighted by Crippen LogP contribution is 2.13. The Kier molecular flexibility index (Phi) is 13.7. The maximum Gasteiger partial charge on any atom is 0.191 e. The Bertz CT molecular complexity index is 450. The van der Waals surface area contributed by atoms with Crippen molar-refractivity contribution in [2.45, 2.75) is 27.2 Å². The number of nitrogens with zero attached hydrogens (tertiary/aromatic N) is 1. The molecule has 0 fully saturated rings. The molecule has 24 heavy (non-hydrogen) atoms. The van der Waals surface area contributed by atoms with Crippen LogP contribution in [0.15, 0.2) is 29.3 Å². The van der Waals surface area contributed by atoms with E-state index in [0.717, 1.165) is 44.4 Å². The third kappa shape index (κ3) is 10.7. The molecule has 0 heterocycles. The molecular weight excluding hydrogens is 417 g/mol. The number of rotatable bonds is 10. The van der Waals surface area contributed by atoms with Gasteiger partial charge in [0.05, 0.1) is 13.2 Å². The molecule has 6 heteroatoms. The fourth-order valence-electron chi connectivity index (χ4n) is 1.95. The predicted molar refractivity (Wildman–Crippen MR) is 112 cm³/mol. The van der Waals surface area contributed by atoms with Crippen molar-refractivity contribution in [3.05, 3.63) is 29.8 Å². The van der Waals surface area contributed by atoms with Gasteiger partial charge in [-0.3, -0.25) is 4.99 Å². The van der Waals surface area contributed by atoms with Crippen molar-refractivity contribution in [1.29, 1.82) is 0 Å². The Balaban J connectivity index is 0.00000529. The second-order valence-electron chi connectivity index (χ2n) is 5.72. The highest BCUT2D eigenvalue weighted by atomic mass is 127. The van der Waals surface area contributed by atoms with Crippen LogP contribution < -0.4 is 15.4 Å². The van der Waals surface area contributed by atoms with Crippen LogP contribution in [0.5, 0.6) is 5.75 Å². The van der Waals surface area contributed by atoms with Gasteiger partial charge < -0.3 is 20.1 Å². The van der Waals surface area contributed by atoms with Crippen LogP contribution in [-0.4, -0.2) is 45.9 Å². The van der Waals surface area contributed by atoms with Gasteiger partial charge in [0.2, 0.25) is 0 Å². The quantitative estimate of drug-likeness (QED) is 0.250. The topological polar surface area (TPSA) is 54.9 Å². The minimum atomic E-state index is 0. The Morgan fingerprint density at radius 2 is 1.79 bits per heavy atom. The smallest absolute Gasteiger partial charge is 0.191 e. The van der Waals surface area contributed by atoms with Gasteiger partial charge >= 0.3 is 0 Å². The first-order chi connectivity index (χ1) is 11.2. The predicted octanol–water partition coefficient (Wildman–Crippen LogP) is 3.08. The lowest BCUT2D eigenvalue weighted by molar-refractivity contribution is 0.152. The third-order valence-electron chi connectivity index (χ3n) is 3.18. The average molecular weight is 449 g/mol. The second-order valence-corrected chi connectivity index (χ2v) is 5.72. The highest BCUT2D eigenvalue weighted by Gasteiger charge is 2.00. The van der Waals surface area contributed by atoms with E-state index in [-0.39, 0.29) is 24.0 Å². The first-order valence-electron chi connectivity index (χ1n) is 8.39. The van der Waals surface area contributed by atoms with Gasteiger partial charge in [-0.2, -0.15) is 0 Å². The summed E-state index contributed by atoms with van der Waals surface area (Å²) in [7, 11) is 1.77. The monoisotopic (exact) mass is 449 g/mol. The van der Waals surface area contributed by atoms with Crippen LogP contribution in [0, 0.1) is 5.92 Å². The molecule has 138 valence electrons. The summed E-state index contributed by atoms with van der Waals surface area (Å²) in [6.45, 7) is 10.1. The molecule has 0 atom stereocenters. The molecule has 0 aliphatic rings. The molecule has 2 N–H and O–H groups in total. The largest absolute Gasteiger partial charge is 0.493 e. The van der Waals surface area contributed by atoms with Gasteiger partial charge in [-0.1, -0.05) is 26.0 Å². The molecule has 1 aromatic rings. The molecule has 0 radical (unpaired) electrons. The van der Waals surface area contributed by atoms with Gasteiger partial charge in [-0.15, -0.1) is 24.0 Å². The average Bonchev–Trinajstić information content (AvgIpc) is 2.56. The van der Waals surface area contributed by atoms with Gasteiger partial charge in [0, 0.05) is 26.7 Å². The molecule has 5 nitrogen and oxygen atoms in total. The molecule has 0 aliphatic heterocycles. The van der Waals surface area contributed by atoms with E-state index in [1.54, 1.807) is 7.05 Å². The van der Waals surface area contributed by atoms with Crippen molar-refractivity contribution in [3.8, 4) is 5.75 Å². The Morgan fingerprint density at radius 1 is 1.12 bits per heavy atom. The SMILES string of the molecule is CCOCCNC(=NC)NCCc1ccc(OCC(C)C)cc1.I. The molecule has 0 saturated carbocycles. The Labute approximate surface area is 163 Å². The summed E-state index contributed by atoms with van der Waals surface area (Å²) in [5, 5.41) is 6.52. The van der Waals surface area contributed by atoms with Crippen molar-refractivity contribution in [2.24, 2.45) is 10.9 Å². The number of hydrogen-bond donors (Lipinski definition) is 2. The third-order valence-corrected chi connectivity index (χ3v) is 3.18. The van der Waals surface area contributed by atoms with Gasteiger partial charge in [-0.25, -0.2) is 0 Å². The molecule has 0 spiro atoms. The molecule has 0 saturated heterocycles. The first kappa shape index (κ1) is 23.0. The van der Waals surface area contributed by atoms with Gasteiger partial charge in [0.25, 0.3) is 0 Å². The number of benzene rings is 1. The van der Waals surface area contributed by atoms with E-state index in [1.165, 1.54) is 5.56 Å². The van der Waals surface area contributed by atoms with Crippen molar-refractivity contribution in [1.82, 2.24) is 10.6 Å². The zero-order chi connectivity index (χ0) is 16.9. The maximum absolute atomic E-state index is 5.69. The fourth-order valence-corrected chi connectivity index (χ4v) is 1.95. The van der Waals surface area contributed by atoms with Crippen LogP contribution >= 0.6 is 24.0 Å². The van der Waals surface area contributed by atoms with Gasteiger partial charge in [-0.05, 0) is 37.0 Å². The van der Waals surface area contributed by atoms with E-state index in [2.05, 4.69) is 41.6 Å². The zero-order valence-corrected chi connectivity index (χ0v) is 17.6. The number of hydrogen-bond acceptors (Lipinski definition) is 3. The minimum Gasteiger partial charge on any atom is -0.493 e. The van der Waals surface area contributed by atoms with E-state index < -0.39 is 0 Å². The fraction of sp³-hybridized carbons (Fsp3) is 0.611. The first-order valence-corrected chi connectivity index (χ1v) is 8.39. The second kappa shape index (κ2) is 14.3. The summed E-state index contributed by atoms with van der Waals surface area (Å²) in [6.07, 6.45) is 0.941. The number of ether oxygens (including phenoxy) is 2. The summed E-state index contributed by atoms with van der Waals surface area (Å²) in [6, 6.07) is 8.30. The maximum atomic E-state index is 5.69. The molecule has 0 amide bonds. The van der Waals surface area contributed by atoms with Crippen molar-refractivity contribution >= 4 is 29.9 Å². The van der Waals surface area contributed by atoms with E-state index in [0.29, 0.717) is 12.5 Å². The molecular formula is C18H32IN3O2. The molecule has 0 unspecified atom stereocenters. The van der Waals surface area contributed by atoms with Crippen molar-refractivity contribution < 1.29 is 9.47 Å². The van der Waals surface area contributed by atoms with Gasteiger partial charge in [0.1, 0.15) is 5.75 Å². The van der Waals surface area contributed by atoms with Crippen LogP contribution in [0.2, 0.25) is 0 Å². The lowest BCUT2D eigenvalue weighted by atomic mass is 10.1. The van der Waals surface area contributed by atoms with E-state index in [4.69, 9.17) is 9.47 Å². The molecule has 0 aromatic heterocycles. The van der Waals surface area contributed by atoms with E-state index in [9.17, 15) is 0 Å². The van der Waals surface area contributed by atoms with Crippen LogP contribution in [-0.2, 0) is 11.2 Å². The van der Waals surface area contributed by atoms with Crippen LogP contribution in [0.4, 0.5) is 0 Å². The lowest BCUT2D eigenvalue weighted by Crippen LogP contribution is -2.39. The summed E-state index contributed by atoms with van der Waals surface area (Å²) >= 11 is 0. The van der Waals surface area contributed by atoms with Crippen molar-refractivity contribution in [3.63, 3.8) is 0 Å². The number of nitrogens with one attached hydrogen (secondary N) is 2. The van der Waals surface area contributed by atoms with Crippen LogP contribution in [0.3, 0.4) is 0 Å². The highest BCUT2D eigenvalue weighted by molar-refractivity contribution is 14.0. The lowest BCUT2D eigenvalue weighted by Gasteiger charge is -2.12. The summed E-state index contributed by atoms with van der Waals surface area (Å²) < 4.78 is 11.0. The standard InChI is InChI=1S/C18H31N3O2.HI/c1-5-22-13-12-21-18(19-4)20-11-10-16-6-8-17(9-7-16)23-14-15(2)3;/h6-9,15H,5,10-14H2,1-4H3,(H2,19,20,21);1H. The van der Waals surface area contributed by atoms with Gasteiger partial charge in [0.15, 0.2) is 5.96 Å². The zero-order valence-electron chi connectivity index (χ0n) is 15.3. The minimum absolute atomic E-state index is 0. The summed E-state index contributed by atoms with van der Waals surface area (Å²) in [5.41, 5.74) is 1.28. The van der Waals surface area contributed by atoms with Crippen LogP contribution in [0.25, 0.3) is 0 Å².